The zero-order valence-corrected chi connectivity index (χ0v) is 13.6. The highest BCUT2D eigenvalue weighted by Gasteiger charge is 2.21. The van der Waals surface area contributed by atoms with Crippen molar-refractivity contribution in [2.45, 2.75) is 19.4 Å². The quantitative estimate of drug-likeness (QED) is 0.774. The van der Waals surface area contributed by atoms with Crippen LogP contribution in [0.5, 0.6) is 0 Å². The van der Waals surface area contributed by atoms with E-state index in [0.29, 0.717) is 0 Å². The lowest BCUT2D eigenvalue weighted by Crippen LogP contribution is -2.23. The third-order valence-electron chi connectivity index (χ3n) is 2.78. The summed E-state index contributed by atoms with van der Waals surface area (Å²) in [5.41, 5.74) is 0.950. The first-order valence-corrected chi connectivity index (χ1v) is 7.63. The Bertz CT molecular complexity index is 556. The molecule has 0 saturated heterocycles. The molecule has 2 nitrogen and oxygen atoms in total. The standard InChI is InChI=1S/C14H14Br2FNO/c1-2-6-18-13(14-11(15)5-7-19-14)10-4-3-9(17)8-12(10)16/h3-5,7-8,13,18H,2,6H2,1H3. The fraction of sp³-hybridized carbons (Fsp3) is 0.286. The summed E-state index contributed by atoms with van der Waals surface area (Å²) < 4.78 is 20.4. The lowest BCUT2D eigenvalue weighted by atomic mass is 10.0. The molecule has 5 heteroatoms. The fourth-order valence-corrected chi connectivity index (χ4v) is 2.89. The van der Waals surface area contributed by atoms with Gasteiger partial charge in [-0.1, -0.05) is 28.9 Å². The van der Waals surface area contributed by atoms with E-state index in [2.05, 4.69) is 44.1 Å². The number of hydrogen-bond donors (Lipinski definition) is 1. The number of benzene rings is 1. The Morgan fingerprint density at radius 3 is 2.63 bits per heavy atom. The van der Waals surface area contributed by atoms with Crippen molar-refractivity contribution in [3.05, 3.63) is 56.6 Å². The molecular weight excluding hydrogens is 377 g/mol. The number of halogens is 3. The first-order valence-electron chi connectivity index (χ1n) is 6.04. The van der Waals surface area contributed by atoms with Gasteiger partial charge in [-0.25, -0.2) is 4.39 Å². The molecule has 1 aromatic carbocycles. The van der Waals surface area contributed by atoms with Crippen LogP contribution >= 0.6 is 31.9 Å². The highest BCUT2D eigenvalue weighted by atomic mass is 79.9. The monoisotopic (exact) mass is 389 g/mol. The molecule has 0 saturated carbocycles. The molecule has 1 unspecified atom stereocenters. The molecule has 102 valence electrons. The Morgan fingerprint density at radius 2 is 2.05 bits per heavy atom. The van der Waals surface area contributed by atoms with Gasteiger partial charge < -0.3 is 9.73 Å². The minimum atomic E-state index is -0.261. The van der Waals surface area contributed by atoms with E-state index in [9.17, 15) is 4.39 Å². The average molecular weight is 391 g/mol. The van der Waals surface area contributed by atoms with Crippen molar-refractivity contribution in [1.29, 1.82) is 0 Å². The van der Waals surface area contributed by atoms with Crippen molar-refractivity contribution in [2.75, 3.05) is 6.54 Å². The van der Waals surface area contributed by atoms with Gasteiger partial charge >= 0.3 is 0 Å². The van der Waals surface area contributed by atoms with Gasteiger partial charge in [0.25, 0.3) is 0 Å². The molecule has 0 radical (unpaired) electrons. The van der Waals surface area contributed by atoms with Gasteiger partial charge in [-0.2, -0.15) is 0 Å². The van der Waals surface area contributed by atoms with E-state index in [0.717, 1.165) is 33.2 Å². The topological polar surface area (TPSA) is 25.2 Å². The van der Waals surface area contributed by atoms with Crippen LogP contribution < -0.4 is 5.32 Å². The van der Waals surface area contributed by atoms with Crippen molar-refractivity contribution in [3.63, 3.8) is 0 Å². The van der Waals surface area contributed by atoms with Crippen LogP contribution in [0.1, 0.15) is 30.7 Å². The van der Waals surface area contributed by atoms with Crippen LogP contribution in [0.2, 0.25) is 0 Å². The molecule has 0 fully saturated rings. The van der Waals surface area contributed by atoms with Crippen molar-refractivity contribution in [2.24, 2.45) is 0 Å². The average Bonchev–Trinajstić information content (AvgIpc) is 2.78. The normalized spacial score (nSPS) is 12.6. The maximum Gasteiger partial charge on any atom is 0.139 e. The summed E-state index contributed by atoms with van der Waals surface area (Å²) in [6, 6.07) is 6.43. The number of hydrogen-bond acceptors (Lipinski definition) is 2. The van der Waals surface area contributed by atoms with E-state index in [4.69, 9.17) is 4.42 Å². The van der Waals surface area contributed by atoms with Crippen LogP contribution in [0.25, 0.3) is 0 Å². The highest BCUT2D eigenvalue weighted by Crippen LogP contribution is 2.33. The molecule has 1 heterocycles. The van der Waals surface area contributed by atoms with Crippen LogP contribution in [-0.4, -0.2) is 6.54 Å². The summed E-state index contributed by atoms with van der Waals surface area (Å²) in [7, 11) is 0. The Kier molecular flexibility index (Phi) is 5.19. The molecule has 1 atom stereocenters. The lowest BCUT2D eigenvalue weighted by Gasteiger charge is -2.19. The minimum absolute atomic E-state index is 0.112. The summed E-state index contributed by atoms with van der Waals surface area (Å²) in [5.74, 6) is 0.532. The molecule has 1 aromatic heterocycles. The van der Waals surface area contributed by atoms with Crippen LogP contribution in [0.3, 0.4) is 0 Å². The predicted octanol–water partition coefficient (Wildman–Crippen LogP) is 5.03. The molecule has 19 heavy (non-hydrogen) atoms. The predicted molar refractivity (Wildman–Crippen MR) is 80.6 cm³/mol. The molecule has 1 N–H and O–H groups in total. The van der Waals surface area contributed by atoms with Gasteiger partial charge in [0.15, 0.2) is 0 Å². The van der Waals surface area contributed by atoms with Crippen LogP contribution in [0.15, 0.2) is 43.9 Å². The summed E-state index contributed by atoms with van der Waals surface area (Å²) in [4.78, 5) is 0. The molecule has 0 bridgehead atoms. The largest absolute Gasteiger partial charge is 0.466 e. The van der Waals surface area contributed by atoms with Gasteiger partial charge in [0.05, 0.1) is 16.8 Å². The number of rotatable bonds is 5. The van der Waals surface area contributed by atoms with Gasteiger partial charge in [0.2, 0.25) is 0 Å². The smallest absolute Gasteiger partial charge is 0.139 e. The maximum atomic E-state index is 13.2. The SMILES string of the molecule is CCCNC(c1ccc(F)cc1Br)c1occc1Br. The zero-order chi connectivity index (χ0) is 13.8. The molecule has 2 aromatic rings. The van der Waals surface area contributed by atoms with Crippen LogP contribution in [-0.2, 0) is 0 Å². The second kappa shape index (κ2) is 6.68. The second-order valence-electron chi connectivity index (χ2n) is 4.19. The Balaban J connectivity index is 2.40. The molecule has 0 aliphatic carbocycles. The van der Waals surface area contributed by atoms with E-state index in [1.807, 2.05) is 6.07 Å². The van der Waals surface area contributed by atoms with Crippen LogP contribution in [0, 0.1) is 5.82 Å². The molecule has 0 aliphatic heterocycles. The van der Waals surface area contributed by atoms with Crippen molar-refractivity contribution < 1.29 is 8.81 Å². The summed E-state index contributed by atoms with van der Waals surface area (Å²) in [6.07, 6.45) is 2.64. The van der Waals surface area contributed by atoms with Gasteiger partial charge in [-0.3, -0.25) is 0 Å². The van der Waals surface area contributed by atoms with E-state index in [-0.39, 0.29) is 11.9 Å². The summed E-state index contributed by atoms with van der Waals surface area (Å²) in [5, 5.41) is 3.41. The third-order valence-corrected chi connectivity index (χ3v) is 4.12. The first-order chi connectivity index (χ1) is 9.13. The van der Waals surface area contributed by atoms with E-state index >= 15 is 0 Å². The van der Waals surface area contributed by atoms with Gasteiger partial charge in [0, 0.05) is 4.47 Å². The van der Waals surface area contributed by atoms with Crippen molar-refractivity contribution >= 4 is 31.9 Å². The molecular formula is C14H14Br2FNO. The summed E-state index contributed by atoms with van der Waals surface area (Å²) in [6.45, 7) is 2.95. The Hall–Kier alpha value is -0.650. The highest BCUT2D eigenvalue weighted by molar-refractivity contribution is 9.10. The molecule has 0 spiro atoms. The molecule has 0 amide bonds. The fourth-order valence-electron chi connectivity index (χ4n) is 1.88. The number of furan rings is 1. The Labute approximate surface area is 128 Å². The number of nitrogens with one attached hydrogen (secondary N) is 1. The summed E-state index contributed by atoms with van der Waals surface area (Å²) >= 11 is 6.88. The van der Waals surface area contributed by atoms with Gasteiger partial charge in [-0.15, -0.1) is 0 Å². The second-order valence-corrected chi connectivity index (χ2v) is 5.89. The van der Waals surface area contributed by atoms with Gasteiger partial charge in [-0.05, 0) is 52.7 Å². The van der Waals surface area contributed by atoms with E-state index < -0.39 is 0 Å². The Morgan fingerprint density at radius 1 is 1.26 bits per heavy atom. The van der Waals surface area contributed by atoms with E-state index in [1.54, 1.807) is 12.3 Å². The first kappa shape index (κ1) is 14.8. The minimum Gasteiger partial charge on any atom is -0.466 e. The third kappa shape index (κ3) is 3.46. The van der Waals surface area contributed by atoms with E-state index in [1.165, 1.54) is 12.1 Å². The lowest BCUT2D eigenvalue weighted by molar-refractivity contribution is 0.443. The molecule has 2 rings (SSSR count). The zero-order valence-electron chi connectivity index (χ0n) is 10.4. The van der Waals surface area contributed by atoms with Crippen molar-refractivity contribution in [3.8, 4) is 0 Å². The van der Waals surface area contributed by atoms with Gasteiger partial charge in [0.1, 0.15) is 11.6 Å². The molecule has 0 aliphatic rings. The maximum absolute atomic E-state index is 13.2. The van der Waals surface area contributed by atoms with Crippen molar-refractivity contribution in [1.82, 2.24) is 5.32 Å². The van der Waals surface area contributed by atoms with Crippen LogP contribution in [0.4, 0.5) is 4.39 Å².